The standard InChI is InChI=1S/C36H36FN7S/c1-22(24-7-5-6-8-24)41-29-14-27(18-38-19-29)25-9-10-33-31(15-25)36(44-43-33)34-16-30-32(20-39-21-35(30)42-34)26-11-23(12-28(37)13-26)17-40-45(2,3)4/h9-16,18-21,24,40-42H,1-3,5-8,17H2,4H3,(H,43,44). The molecule has 0 atom stereocenters. The second kappa shape index (κ2) is 11.6. The van der Waals surface area contributed by atoms with Crippen LogP contribution in [0.3, 0.4) is 0 Å². The molecule has 9 heteroatoms. The third-order valence-corrected chi connectivity index (χ3v) is 9.32. The minimum atomic E-state index is -1.43. The number of halogens is 1. The van der Waals surface area contributed by atoms with Crippen LogP contribution < -0.4 is 10.0 Å². The number of aromatic nitrogens is 5. The number of rotatable bonds is 9. The van der Waals surface area contributed by atoms with E-state index in [4.69, 9.17) is 0 Å². The maximum atomic E-state index is 14.8. The van der Waals surface area contributed by atoms with Crippen LogP contribution in [0.25, 0.3) is 55.4 Å². The van der Waals surface area contributed by atoms with Crippen molar-refractivity contribution in [1.82, 2.24) is 29.9 Å². The molecule has 1 aliphatic carbocycles. The van der Waals surface area contributed by atoms with E-state index in [1.807, 2.05) is 30.8 Å². The number of nitrogens with zero attached hydrogens (tertiary/aromatic N) is 3. The van der Waals surface area contributed by atoms with Crippen molar-refractivity contribution >= 4 is 48.6 Å². The predicted molar refractivity (Wildman–Crippen MR) is 189 cm³/mol. The van der Waals surface area contributed by atoms with Gasteiger partial charge in [-0.15, -0.1) is 0 Å². The van der Waals surface area contributed by atoms with E-state index in [9.17, 15) is 4.39 Å². The molecule has 0 unspecified atom stereocenters. The van der Waals surface area contributed by atoms with Crippen molar-refractivity contribution in [2.24, 2.45) is 5.92 Å². The zero-order valence-corrected chi connectivity index (χ0v) is 26.1. The van der Waals surface area contributed by atoms with E-state index in [1.54, 1.807) is 24.5 Å². The third-order valence-electron chi connectivity index (χ3n) is 8.48. The van der Waals surface area contributed by atoms with Gasteiger partial charge in [-0.05, 0) is 84.2 Å². The molecule has 4 heterocycles. The lowest BCUT2D eigenvalue weighted by molar-refractivity contribution is 0.625. The maximum Gasteiger partial charge on any atom is 0.124 e. The van der Waals surface area contributed by atoms with Gasteiger partial charge in [-0.3, -0.25) is 19.8 Å². The van der Waals surface area contributed by atoms with Crippen LogP contribution in [0.5, 0.6) is 0 Å². The Kier molecular flexibility index (Phi) is 7.51. The number of nitrogens with one attached hydrogen (secondary N) is 4. The Bertz CT molecular complexity index is 2170. The van der Waals surface area contributed by atoms with E-state index in [1.165, 1.54) is 25.7 Å². The lowest BCUT2D eigenvalue weighted by Crippen LogP contribution is -2.08. The van der Waals surface area contributed by atoms with Gasteiger partial charge in [0.15, 0.2) is 0 Å². The van der Waals surface area contributed by atoms with E-state index >= 15 is 0 Å². The summed E-state index contributed by atoms with van der Waals surface area (Å²) in [4.78, 5) is 12.5. The van der Waals surface area contributed by atoms with Gasteiger partial charge < -0.3 is 10.3 Å². The summed E-state index contributed by atoms with van der Waals surface area (Å²) in [7, 11) is -1.43. The number of aromatic amines is 2. The van der Waals surface area contributed by atoms with Crippen molar-refractivity contribution in [2.75, 3.05) is 11.6 Å². The van der Waals surface area contributed by atoms with Crippen LogP contribution in [0, 0.1) is 11.7 Å². The third kappa shape index (κ3) is 6.14. The number of benzene rings is 2. The Hall–Kier alpha value is -4.73. The normalized spacial score (nSPS) is 14.0. The summed E-state index contributed by atoms with van der Waals surface area (Å²) in [6.45, 7) is 4.78. The van der Waals surface area contributed by atoms with Crippen molar-refractivity contribution in [3.05, 3.63) is 97.0 Å². The van der Waals surface area contributed by atoms with Crippen molar-refractivity contribution in [3.63, 3.8) is 0 Å². The Balaban J connectivity index is 1.22. The predicted octanol–water partition coefficient (Wildman–Crippen LogP) is 8.39. The van der Waals surface area contributed by atoms with Crippen molar-refractivity contribution in [2.45, 2.75) is 32.2 Å². The molecule has 2 aromatic carbocycles. The summed E-state index contributed by atoms with van der Waals surface area (Å²) in [6.07, 6.45) is 14.2. The number of hydrogen-bond acceptors (Lipinski definition) is 5. The van der Waals surface area contributed by atoms with Gasteiger partial charge in [-0.1, -0.05) is 37.2 Å². The van der Waals surface area contributed by atoms with Gasteiger partial charge >= 0.3 is 0 Å². The van der Waals surface area contributed by atoms with Gasteiger partial charge in [0.2, 0.25) is 0 Å². The van der Waals surface area contributed by atoms with E-state index in [-0.39, 0.29) is 5.82 Å². The largest absolute Gasteiger partial charge is 0.358 e. The molecule has 1 fully saturated rings. The van der Waals surface area contributed by atoms with E-state index in [0.29, 0.717) is 12.5 Å². The summed E-state index contributed by atoms with van der Waals surface area (Å²) < 4.78 is 18.1. The van der Waals surface area contributed by atoms with Gasteiger partial charge in [-0.2, -0.15) is 14.5 Å². The number of hydrogen-bond donors (Lipinski definition) is 4. The maximum absolute atomic E-state index is 14.8. The molecule has 7 nitrogen and oxygen atoms in total. The molecule has 4 N–H and O–H groups in total. The summed E-state index contributed by atoms with van der Waals surface area (Å²) in [5.74, 6) is 8.35. The van der Waals surface area contributed by atoms with Crippen molar-refractivity contribution < 1.29 is 4.39 Å². The molecule has 228 valence electrons. The number of anilines is 1. The lowest BCUT2D eigenvalue weighted by Gasteiger charge is -2.16. The first-order valence-electron chi connectivity index (χ1n) is 15.1. The topological polar surface area (TPSA) is 94.3 Å². The SMILES string of the molecule is C=C(Nc1cncc(-c2ccc3[nH]nc(-c4cc5c(-c6cc(F)cc(CNS(=C)(=C)C)c6)cncc5[nH]4)c3c2)c1)C1CCCC1. The van der Waals surface area contributed by atoms with Crippen LogP contribution in [0.2, 0.25) is 0 Å². The summed E-state index contributed by atoms with van der Waals surface area (Å²) in [6, 6.07) is 15.5. The monoisotopic (exact) mass is 617 g/mol. The second-order valence-electron chi connectivity index (χ2n) is 12.2. The van der Waals surface area contributed by atoms with E-state index < -0.39 is 9.39 Å². The van der Waals surface area contributed by atoms with Gasteiger partial charge in [0, 0.05) is 46.5 Å². The van der Waals surface area contributed by atoms with Crippen LogP contribution >= 0.6 is 9.39 Å². The molecule has 4 aromatic heterocycles. The van der Waals surface area contributed by atoms with E-state index in [0.717, 1.165) is 72.4 Å². The molecule has 45 heavy (non-hydrogen) atoms. The molecule has 0 saturated heterocycles. The highest BCUT2D eigenvalue weighted by atomic mass is 32.2. The first-order chi connectivity index (χ1) is 21.7. The average molecular weight is 618 g/mol. The highest BCUT2D eigenvalue weighted by Crippen LogP contribution is 2.36. The number of fused-ring (bicyclic) bond motifs is 2. The van der Waals surface area contributed by atoms with Gasteiger partial charge in [0.1, 0.15) is 11.5 Å². The van der Waals surface area contributed by atoms with Gasteiger partial charge in [-0.25, -0.2) is 4.39 Å². The van der Waals surface area contributed by atoms with Crippen LogP contribution in [-0.4, -0.2) is 43.1 Å². The molecular formula is C36H36FN7S. The minimum Gasteiger partial charge on any atom is -0.358 e. The molecular weight excluding hydrogens is 582 g/mol. The Labute approximate surface area is 262 Å². The highest BCUT2D eigenvalue weighted by molar-refractivity contribution is 8.25. The Morgan fingerprint density at radius 1 is 0.911 bits per heavy atom. The fraction of sp³-hybridized carbons (Fsp3) is 0.194. The summed E-state index contributed by atoms with van der Waals surface area (Å²) in [5, 5.41) is 13.3. The molecule has 0 aliphatic heterocycles. The summed E-state index contributed by atoms with van der Waals surface area (Å²) >= 11 is 0. The molecule has 0 amide bonds. The van der Waals surface area contributed by atoms with Crippen LogP contribution in [-0.2, 0) is 6.54 Å². The smallest absolute Gasteiger partial charge is 0.124 e. The second-order valence-corrected chi connectivity index (χ2v) is 15.0. The quantitative estimate of drug-likeness (QED) is 0.122. The van der Waals surface area contributed by atoms with Crippen LogP contribution in [0.15, 0.2) is 85.6 Å². The highest BCUT2D eigenvalue weighted by Gasteiger charge is 2.19. The van der Waals surface area contributed by atoms with Crippen LogP contribution in [0.1, 0.15) is 31.2 Å². The van der Waals surface area contributed by atoms with Crippen molar-refractivity contribution in [3.8, 4) is 33.6 Å². The molecule has 0 radical (unpaired) electrons. The zero-order valence-electron chi connectivity index (χ0n) is 25.3. The molecule has 0 spiro atoms. The minimum absolute atomic E-state index is 0.302. The zero-order chi connectivity index (χ0) is 31.1. The number of pyridine rings is 2. The lowest BCUT2D eigenvalue weighted by atomic mass is 10.0. The molecule has 6 aromatic rings. The average Bonchev–Trinajstić information content (AvgIpc) is 3.79. The first kappa shape index (κ1) is 29.0. The Morgan fingerprint density at radius 3 is 2.56 bits per heavy atom. The first-order valence-corrected chi connectivity index (χ1v) is 17.4. The Morgan fingerprint density at radius 2 is 1.73 bits per heavy atom. The van der Waals surface area contributed by atoms with Crippen molar-refractivity contribution in [1.29, 1.82) is 0 Å². The molecule has 0 bridgehead atoms. The molecule has 1 saturated carbocycles. The number of H-pyrrole nitrogens is 2. The molecule has 7 rings (SSSR count). The van der Waals surface area contributed by atoms with E-state index in [2.05, 4.69) is 77.8 Å². The van der Waals surface area contributed by atoms with Crippen LogP contribution in [0.4, 0.5) is 10.1 Å². The fourth-order valence-corrected chi connectivity index (χ4v) is 6.72. The summed E-state index contributed by atoms with van der Waals surface area (Å²) in [5.41, 5.74) is 9.88. The van der Waals surface area contributed by atoms with Gasteiger partial charge in [0.25, 0.3) is 0 Å². The van der Waals surface area contributed by atoms with Gasteiger partial charge in [0.05, 0.1) is 34.8 Å². The fourth-order valence-electron chi connectivity index (χ4n) is 6.20. The number of allylic oxidation sites excluding steroid dienone is 1. The molecule has 1 aliphatic rings.